The number of carbonyl (C=O) groups excluding carboxylic acids is 1. The van der Waals surface area contributed by atoms with Crippen LogP contribution in [0.25, 0.3) is 0 Å². The van der Waals surface area contributed by atoms with E-state index in [0.717, 1.165) is 23.3 Å². The minimum absolute atomic E-state index is 0.0123. The van der Waals surface area contributed by atoms with E-state index in [2.05, 4.69) is 0 Å². The lowest BCUT2D eigenvalue weighted by atomic mass is 9.75. The molecule has 202 valence electrons. The Labute approximate surface area is 220 Å². The maximum absolute atomic E-state index is 14.0. The molecule has 8 heteroatoms. The predicted octanol–water partition coefficient (Wildman–Crippen LogP) is 5.97. The van der Waals surface area contributed by atoms with Crippen molar-refractivity contribution in [1.82, 2.24) is 9.80 Å². The Morgan fingerprint density at radius 3 is 2.16 bits per heavy atom. The van der Waals surface area contributed by atoms with E-state index in [9.17, 15) is 22.4 Å². The zero-order valence-corrected chi connectivity index (χ0v) is 21.5. The first-order chi connectivity index (χ1) is 18.1. The summed E-state index contributed by atoms with van der Waals surface area (Å²) < 4.78 is 60.0. The lowest BCUT2D eigenvalue weighted by Crippen LogP contribution is -2.50. The van der Waals surface area contributed by atoms with E-state index in [1.807, 2.05) is 84.6 Å². The normalized spacial score (nSPS) is 18.3. The lowest BCUT2D eigenvalue weighted by Gasteiger charge is -2.43. The summed E-state index contributed by atoms with van der Waals surface area (Å²) in [5.41, 5.74) is 1.20. The molecule has 1 amide bonds. The van der Waals surface area contributed by atoms with E-state index >= 15 is 0 Å². The Morgan fingerprint density at radius 2 is 1.61 bits per heavy atom. The molecule has 1 fully saturated rings. The third-order valence-corrected chi connectivity index (χ3v) is 6.89. The number of ether oxygens (including phenoxy) is 1. The van der Waals surface area contributed by atoms with Crippen LogP contribution in [0, 0.1) is 11.7 Å². The number of likely N-dealkylation sites (tertiary alicyclic amines) is 1. The molecule has 0 saturated carbocycles. The van der Waals surface area contributed by atoms with Crippen molar-refractivity contribution in [3.63, 3.8) is 0 Å². The number of piperidine rings is 1. The Morgan fingerprint density at radius 1 is 1.00 bits per heavy atom. The maximum Gasteiger partial charge on any atom is 0.416 e. The Bertz CT molecular complexity index is 1160. The molecule has 0 aliphatic carbocycles. The highest BCUT2D eigenvalue weighted by molar-refractivity contribution is 5.78. The molecule has 1 aliphatic rings. The molecule has 38 heavy (non-hydrogen) atoms. The van der Waals surface area contributed by atoms with Crippen molar-refractivity contribution in [1.29, 1.82) is 0 Å². The van der Waals surface area contributed by atoms with Crippen molar-refractivity contribution in [2.45, 2.75) is 31.2 Å². The highest BCUT2D eigenvalue weighted by Crippen LogP contribution is 2.39. The summed E-state index contributed by atoms with van der Waals surface area (Å²) in [6.07, 6.45) is -4.49. The quantitative estimate of drug-likeness (QED) is 0.338. The summed E-state index contributed by atoms with van der Waals surface area (Å²) in [6.45, 7) is 1.02. The fourth-order valence-corrected chi connectivity index (χ4v) is 5.19. The minimum atomic E-state index is -4.65. The highest BCUT2D eigenvalue weighted by atomic mass is 19.4. The van der Waals surface area contributed by atoms with E-state index < -0.39 is 17.6 Å². The van der Waals surface area contributed by atoms with Gasteiger partial charge in [-0.05, 0) is 55.4 Å². The zero-order chi connectivity index (χ0) is 27.3. The Balaban J connectivity index is 1.66. The number of likely N-dealkylation sites (N-methyl/N-ethyl adjacent to an activating group) is 1. The summed E-state index contributed by atoms with van der Waals surface area (Å²) >= 11 is 0. The number of halogens is 4. The Hall–Kier alpha value is -3.23. The lowest BCUT2D eigenvalue weighted by molar-refractivity contribution is -0.138. The van der Waals surface area contributed by atoms with Gasteiger partial charge in [0.2, 0.25) is 5.91 Å². The van der Waals surface area contributed by atoms with E-state index in [4.69, 9.17) is 4.74 Å². The first-order valence-electron chi connectivity index (χ1n) is 12.6. The van der Waals surface area contributed by atoms with Gasteiger partial charge in [0.05, 0.1) is 24.8 Å². The second kappa shape index (κ2) is 12.1. The number of nitrogens with zero attached hydrogens (tertiary/aromatic N) is 2. The van der Waals surface area contributed by atoms with Crippen molar-refractivity contribution in [2.24, 2.45) is 5.92 Å². The van der Waals surface area contributed by atoms with Gasteiger partial charge in [0, 0.05) is 24.9 Å². The molecule has 0 spiro atoms. The maximum atomic E-state index is 14.0. The van der Waals surface area contributed by atoms with Crippen LogP contribution in [0.2, 0.25) is 0 Å². The second-order valence-electron chi connectivity index (χ2n) is 10.0. The average molecular weight is 529 g/mol. The molecule has 0 unspecified atom stereocenters. The van der Waals surface area contributed by atoms with Gasteiger partial charge in [-0.3, -0.25) is 4.79 Å². The van der Waals surface area contributed by atoms with Crippen molar-refractivity contribution in [3.8, 4) is 0 Å². The molecule has 0 radical (unpaired) electrons. The summed E-state index contributed by atoms with van der Waals surface area (Å²) in [5, 5.41) is 0. The Kier molecular flexibility index (Phi) is 8.84. The average Bonchev–Trinajstić information content (AvgIpc) is 2.88. The summed E-state index contributed by atoms with van der Waals surface area (Å²) in [6, 6.07) is 22.4. The number of carbonyl (C=O) groups is 1. The minimum Gasteiger partial charge on any atom is -0.373 e. The number of amides is 1. The zero-order valence-electron chi connectivity index (χ0n) is 21.5. The van der Waals surface area contributed by atoms with Gasteiger partial charge in [-0.1, -0.05) is 60.7 Å². The fourth-order valence-electron chi connectivity index (χ4n) is 5.19. The molecule has 0 bridgehead atoms. The predicted molar refractivity (Wildman–Crippen MR) is 138 cm³/mol. The smallest absolute Gasteiger partial charge is 0.373 e. The van der Waals surface area contributed by atoms with Gasteiger partial charge in [0.1, 0.15) is 5.82 Å². The van der Waals surface area contributed by atoms with Crippen LogP contribution >= 0.6 is 0 Å². The molecule has 3 aromatic carbocycles. The van der Waals surface area contributed by atoms with Crippen LogP contribution in [0.4, 0.5) is 17.6 Å². The van der Waals surface area contributed by atoms with Crippen LogP contribution in [0.15, 0.2) is 78.9 Å². The summed E-state index contributed by atoms with van der Waals surface area (Å²) in [4.78, 5) is 16.7. The molecule has 0 N–H and O–H groups in total. The number of benzene rings is 3. The van der Waals surface area contributed by atoms with Gasteiger partial charge in [-0.25, -0.2) is 4.39 Å². The van der Waals surface area contributed by atoms with Crippen LogP contribution in [-0.2, 0) is 22.3 Å². The van der Waals surface area contributed by atoms with Gasteiger partial charge in [0.15, 0.2) is 0 Å². The van der Waals surface area contributed by atoms with Gasteiger partial charge in [-0.15, -0.1) is 0 Å². The fraction of sp³-hybridized carbons (Fsp3) is 0.367. The van der Waals surface area contributed by atoms with Crippen LogP contribution in [-0.4, -0.2) is 55.5 Å². The molecule has 1 aliphatic heterocycles. The van der Waals surface area contributed by atoms with Crippen LogP contribution in [0.1, 0.15) is 34.6 Å². The second-order valence-corrected chi connectivity index (χ2v) is 10.0. The van der Waals surface area contributed by atoms with Crippen molar-refractivity contribution >= 4 is 5.91 Å². The van der Waals surface area contributed by atoms with E-state index in [1.54, 1.807) is 0 Å². The molecule has 1 heterocycles. The molecule has 3 aromatic rings. The van der Waals surface area contributed by atoms with Crippen LogP contribution < -0.4 is 0 Å². The third-order valence-electron chi connectivity index (χ3n) is 6.89. The van der Waals surface area contributed by atoms with Crippen LogP contribution in [0.3, 0.4) is 0 Å². The summed E-state index contributed by atoms with van der Waals surface area (Å²) in [7, 11) is 3.69. The van der Waals surface area contributed by atoms with Crippen LogP contribution in [0.5, 0.6) is 0 Å². The van der Waals surface area contributed by atoms with Gasteiger partial charge < -0.3 is 14.5 Å². The van der Waals surface area contributed by atoms with E-state index in [0.29, 0.717) is 25.6 Å². The number of hydrogen-bond donors (Lipinski definition) is 0. The van der Waals surface area contributed by atoms with Gasteiger partial charge in [-0.2, -0.15) is 13.2 Å². The highest BCUT2D eigenvalue weighted by Gasteiger charge is 2.39. The molecular weight excluding hydrogens is 496 g/mol. The van der Waals surface area contributed by atoms with E-state index in [1.165, 1.54) is 0 Å². The van der Waals surface area contributed by atoms with Gasteiger partial charge >= 0.3 is 6.18 Å². The first-order valence-corrected chi connectivity index (χ1v) is 12.6. The largest absolute Gasteiger partial charge is 0.416 e. The topological polar surface area (TPSA) is 32.8 Å². The standard InChI is InChI=1S/C30H32F4N2O2/c1-35(2)19-28(37)36-14-13-27(38-20-21-15-24(30(32,33)34)17-25(31)16-21)26(18-36)29(22-9-5-3-6-10-22)23-11-7-4-8-12-23/h3-12,15-17,26-27,29H,13-14,18-20H2,1-2H3/t26-,27+/m0/s1. The monoisotopic (exact) mass is 528 g/mol. The number of hydrogen-bond acceptors (Lipinski definition) is 3. The first kappa shape index (κ1) is 27.8. The van der Waals surface area contributed by atoms with Crippen molar-refractivity contribution < 1.29 is 27.1 Å². The number of rotatable bonds is 8. The van der Waals surface area contributed by atoms with E-state index in [-0.39, 0.29) is 42.6 Å². The molecule has 0 aromatic heterocycles. The molecule has 4 nitrogen and oxygen atoms in total. The molecular formula is C30H32F4N2O2. The van der Waals surface area contributed by atoms with Crippen molar-refractivity contribution in [3.05, 3.63) is 107 Å². The molecule has 1 saturated heterocycles. The molecule has 4 rings (SSSR count). The van der Waals surface area contributed by atoms with Gasteiger partial charge in [0.25, 0.3) is 0 Å². The van der Waals surface area contributed by atoms with Crippen molar-refractivity contribution in [2.75, 3.05) is 33.7 Å². The number of alkyl halides is 3. The SMILES string of the molecule is CN(C)CC(=O)N1CC[C@@H](OCc2cc(F)cc(C(F)(F)F)c2)[C@@H](C(c2ccccc2)c2ccccc2)C1. The summed E-state index contributed by atoms with van der Waals surface area (Å²) in [5.74, 6) is -1.23. The molecule has 2 atom stereocenters. The third kappa shape index (κ3) is 6.99.